The van der Waals surface area contributed by atoms with Gasteiger partial charge in [0, 0.05) is 35.2 Å². The molecule has 2 atom stereocenters. The van der Waals surface area contributed by atoms with E-state index >= 15 is 0 Å². The van der Waals surface area contributed by atoms with Crippen molar-refractivity contribution in [3.05, 3.63) is 95.3 Å². The molecule has 0 spiro atoms. The van der Waals surface area contributed by atoms with Crippen molar-refractivity contribution in [2.45, 2.75) is 120 Å². The maximum Gasteiger partial charge on any atom is 0.338 e. The zero-order valence-corrected chi connectivity index (χ0v) is 36.0. The lowest BCUT2D eigenvalue weighted by Gasteiger charge is -2.20. The Morgan fingerprint density at radius 2 is 1.00 bits per heavy atom. The molecule has 4 rings (SSSR count). The second kappa shape index (κ2) is 25.8. The number of nitrogens with zero attached hydrogens (tertiary/aromatic N) is 3. The lowest BCUT2D eigenvalue weighted by atomic mass is 10.0. The number of carbonyl (C=O) groups excluding carboxylic acids is 3. The molecule has 0 aliphatic heterocycles. The van der Waals surface area contributed by atoms with Gasteiger partial charge in [0.05, 0.1) is 24.3 Å². The molecule has 4 aromatic rings. The van der Waals surface area contributed by atoms with Gasteiger partial charge in [-0.05, 0) is 125 Å². The van der Waals surface area contributed by atoms with Gasteiger partial charge in [0.2, 0.25) is 11.9 Å². The Kier molecular flexibility index (Phi) is 21.7. The predicted octanol–water partition coefficient (Wildman–Crippen LogP) is 11.3. The molecule has 12 heteroatoms. The molecule has 0 fully saturated rings. The van der Waals surface area contributed by atoms with Crippen LogP contribution in [0, 0.1) is 18.8 Å². The van der Waals surface area contributed by atoms with Gasteiger partial charge in [0.1, 0.15) is 5.82 Å². The van der Waals surface area contributed by atoms with Gasteiger partial charge in [0.25, 0.3) is 5.91 Å². The molecule has 0 saturated heterocycles. The fourth-order valence-corrected chi connectivity index (χ4v) is 5.78. The molecule has 322 valence electrons. The van der Waals surface area contributed by atoms with Gasteiger partial charge in [-0.2, -0.15) is 15.0 Å². The van der Waals surface area contributed by atoms with Crippen LogP contribution in [0.5, 0.6) is 0 Å². The van der Waals surface area contributed by atoms with Crippen LogP contribution < -0.4 is 21.3 Å². The number of hydrogen-bond donors (Lipinski definition) is 4. The molecule has 0 saturated carbocycles. The van der Waals surface area contributed by atoms with Crippen LogP contribution in [-0.2, 0) is 9.47 Å². The molecular formula is C47H69N7O5. The molecular weight excluding hydrogens is 743 g/mol. The highest BCUT2D eigenvalue weighted by Gasteiger charge is 2.16. The third-order valence-electron chi connectivity index (χ3n) is 9.41. The Hall–Kier alpha value is -5.52. The number of nitrogens with one attached hydrogen (secondary N) is 4. The first-order valence-electron chi connectivity index (χ1n) is 20.7. The Balaban J connectivity index is 0.000000505. The minimum atomic E-state index is -0.319. The van der Waals surface area contributed by atoms with E-state index in [0.717, 1.165) is 55.6 Å². The first kappa shape index (κ1) is 49.6. The van der Waals surface area contributed by atoms with Crippen molar-refractivity contribution >= 4 is 46.8 Å². The average Bonchev–Trinajstić information content (AvgIpc) is 3.20. The smallest absolute Gasteiger partial charge is 0.338 e. The molecule has 1 amide bonds. The zero-order chi connectivity index (χ0) is 42.5. The Bertz CT molecular complexity index is 1840. The van der Waals surface area contributed by atoms with E-state index in [0.29, 0.717) is 59.5 Å². The van der Waals surface area contributed by atoms with E-state index in [1.165, 1.54) is 12.8 Å². The van der Waals surface area contributed by atoms with Gasteiger partial charge in [-0.15, -0.1) is 0 Å². The third kappa shape index (κ3) is 18.3. The minimum Gasteiger partial charge on any atom is -0.462 e. The molecule has 0 radical (unpaired) electrons. The number of ether oxygens (including phenoxy) is 2. The number of aryl methyl sites for hydroxylation is 1. The Labute approximate surface area is 353 Å². The van der Waals surface area contributed by atoms with Crippen LogP contribution >= 0.6 is 0 Å². The van der Waals surface area contributed by atoms with Gasteiger partial charge >= 0.3 is 11.9 Å². The summed E-state index contributed by atoms with van der Waals surface area (Å²) < 4.78 is 10.9. The first-order chi connectivity index (χ1) is 27.8. The van der Waals surface area contributed by atoms with Gasteiger partial charge in [0.15, 0.2) is 0 Å². The lowest BCUT2D eigenvalue weighted by Crippen LogP contribution is -2.40. The summed E-state index contributed by atoms with van der Waals surface area (Å²) in [6, 6.07) is 21.5. The topological polar surface area (TPSA) is 156 Å². The van der Waals surface area contributed by atoms with Gasteiger partial charge in [-0.3, -0.25) is 4.79 Å². The number of aromatic nitrogens is 3. The second-order valence-electron chi connectivity index (χ2n) is 15.5. The number of carbonyl (C=O) groups is 3. The van der Waals surface area contributed by atoms with Crippen molar-refractivity contribution in [2.75, 3.05) is 36.2 Å². The van der Waals surface area contributed by atoms with Crippen molar-refractivity contribution in [2.24, 2.45) is 11.8 Å². The molecule has 12 nitrogen and oxygen atoms in total. The van der Waals surface area contributed by atoms with Crippen LogP contribution in [0.2, 0.25) is 0 Å². The standard InChI is InChI=1S/C30H40N6O3.C16H25NO2.CH4/c1-7-9-10-21(8-2)19-39-27(38)23-13-17-25(18-14-23)34-29-32-20(3)31-28(35-29)33-24-15-11-22(12-16-24)26(37)36-30(4,5)6;1-4-6-7-13(5-2)12-19-16(18)14-8-10-15(17-3)11-9-14;/h11-18,21H,7-10,19H2,1-6H3,(H,36,37)(H2,31,32,33,34,35);8-11,13,17H,4-7,12H2,1-3H3;1H4. The summed E-state index contributed by atoms with van der Waals surface area (Å²) in [6.45, 7) is 17.2. The molecule has 0 aliphatic rings. The Morgan fingerprint density at radius 3 is 1.36 bits per heavy atom. The second-order valence-corrected chi connectivity index (χ2v) is 15.5. The van der Waals surface area contributed by atoms with E-state index in [-0.39, 0.29) is 30.8 Å². The lowest BCUT2D eigenvalue weighted by molar-refractivity contribution is 0.0419. The number of benzene rings is 3. The van der Waals surface area contributed by atoms with E-state index in [9.17, 15) is 14.4 Å². The maximum atomic E-state index is 12.5. The first-order valence-corrected chi connectivity index (χ1v) is 20.7. The highest BCUT2D eigenvalue weighted by molar-refractivity contribution is 5.95. The average molecular weight is 812 g/mol. The van der Waals surface area contributed by atoms with Crippen LogP contribution in [0.25, 0.3) is 0 Å². The molecule has 1 aromatic heterocycles. The minimum absolute atomic E-state index is 0. The summed E-state index contributed by atoms with van der Waals surface area (Å²) in [5.74, 6) is 1.47. The SMILES string of the molecule is C.CCCCC(CC)COC(=O)c1ccc(NC)cc1.CCCCC(CC)COC(=O)c1ccc(Nc2nc(C)nc(Nc3ccc(C(=O)NC(C)(C)C)cc3)n2)cc1. The van der Waals surface area contributed by atoms with Crippen LogP contribution in [-0.4, -0.2) is 58.6 Å². The van der Waals surface area contributed by atoms with Crippen molar-refractivity contribution in [1.29, 1.82) is 0 Å². The van der Waals surface area contributed by atoms with Gasteiger partial charge in [-0.25, -0.2) is 9.59 Å². The molecule has 59 heavy (non-hydrogen) atoms. The summed E-state index contributed by atoms with van der Waals surface area (Å²) in [6.07, 6.45) is 8.95. The number of hydrogen-bond acceptors (Lipinski definition) is 11. The monoisotopic (exact) mass is 812 g/mol. The molecule has 3 aromatic carbocycles. The van der Waals surface area contributed by atoms with Crippen molar-refractivity contribution in [1.82, 2.24) is 20.3 Å². The predicted molar refractivity (Wildman–Crippen MR) is 241 cm³/mol. The molecule has 1 heterocycles. The number of rotatable bonds is 20. The Morgan fingerprint density at radius 1 is 0.610 bits per heavy atom. The van der Waals surface area contributed by atoms with Crippen molar-refractivity contribution in [3.63, 3.8) is 0 Å². The third-order valence-corrected chi connectivity index (χ3v) is 9.41. The molecule has 0 bridgehead atoms. The summed E-state index contributed by atoms with van der Waals surface area (Å²) in [5, 5.41) is 12.3. The summed E-state index contributed by atoms with van der Waals surface area (Å²) in [5.41, 5.74) is 3.83. The number of unbranched alkanes of at least 4 members (excludes halogenated alkanes) is 2. The van der Waals surface area contributed by atoms with Crippen molar-refractivity contribution in [3.8, 4) is 0 Å². The van der Waals surface area contributed by atoms with Crippen LogP contribution in [0.1, 0.15) is 144 Å². The fraction of sp³-hybridized carbons (Fsp3) is 0.489. The summed E-state index contributed by atoms with van der Waals surface area (Å²) in [7, 11) is 1.85. The van der Waals surface area contributed by atoms with E-state index in [1.807, 2.05) is 40.0 Å². The fourth-order valence-electron chi connectivity index (χ4n) is 5.78. The number of anilines is 5. The summed E-state index contributed by atoms with van der Waals surface area (Å²) in [4.78, 5) is 49.9. The molecule has 2 unspecified atom stereocenters. The van der Waals surface area contributed by atoms with Crippen LogP contribution in [0.3, 0.4) is 0 Å². The van der Waals surface area contributed by atoms with Gasteiger partial charge < -0.3 is 30.7 Å². The van der Waals surface area contributed by atoms with E-state index < -0.39 is 0 Å². The van der Waals surface area contributed by atoms with E-state index in [4.69, 9.17) is 9.47 Å². The molecule has 4 N–H and O–H groups in total. The zero-order valence-electron chi connectivity index (χ0n) is 36.0. The largest absolute Gasteiger partial charge is 0.462 e. The quantitative estimate of drug-likeness (QED) is 0.0630. The van der Waals surface area contributed by atoms with Crippen LogP contribution in [0.15, 0.2) is 72.8 Å². The maximum absolute atomic E-state index is 12.5. The number of amides is 1. The van der Waals surface area contributed by atoms with E-state index in [2.05, 4.69) is 63.9 Å². The highest BCUT2D eigenvalue weighted by atomic mass is 16.5. The molecule has 0 aliphatic carbocycles. The van der Waals surface area contributed by atoms with Crippen LogP contribution in [0.4, 0.5) is 29.0 Å². The highest BCUT2D eigenvalue weighted by Crippen LogP contribution is 2.20. The van der Waals surface area contributed by atoms with E-state index in [1.54, 1.807) is 67.6 Å². The number of esters is 2. The van der Waals surface area contributed by atoms with Crippen molar-refractivity contribution < 1.29 is 23.9 Å². The van der Waals surface area contributed by atoms with Gasteiger partial charge in [-0.1, -0.05) is 73.6 Å². The summed E-state index contributed by atoms with van der Waals surface area (Å²) >= 11 is 0. The normalized spacial score (nSPS) is 11.7.